The molecule has 4 nitrogen and oxygen atoms in total. The van der Waals surface area contributed by atoms with Gasteiger partial charge in [0.05, 0.1) is 5.52 Å². The first kappa shape index (κ1) is 13.6. The Morgan fingerprint density at radius 2 is 2.14 bits per heavy atom. The number of aromatic carboxylic acids is 1. The largest absolute Gasteiger partial charge is 0.488 e. The lowest BCUT2D eigenvalue weighted by atomic mass is 10.1. The first-order valence-corrected chi connectivity index (χ1v) is 7.31. The van der Waals surface area contributed by atoms with Gasteiger partial charge in [0.1, 0.15) is 17.2 Å². The van der Waals surface area contributed by atoms with Crippen molar-refractivity contribution < 1.29 is 14.6 Å². The zero-order valence-electron chi connectivity index (χ0n) is 11.4. The number of hydrogen-bond acceptors (Lipinski definition) is 4. The topological polar surface area (TPSA) is 59.4 Å². The predicted molar refractivity (Wildman–Crippen MR) is 82.1 cm³/mol. The van der Waals surface area contributed by atoms with Gasteiger partial charge in [0, 0.05) is 28.1 Å². The molecule has 0 amide bonds. The van der Waals surface area contributed by atoms with E-state index in [1.54, 1.807) is 11.4 Å². The van der Waals surface area contributed by atoms with Crippen LogP contribution in [0, 0.1) is 6.92 Å². The van der Waals surface area contributed by atoms with E-state index >= 15 is 0 Å². The number of aryl methyl sites for hydroxylation is 1. The molecule has 0 saturated heterocycles. The maximum absolute atomic E-state index is 10.9. The average molecular weight is 299 g/mol. The molecule has 21 heavy (non-hydrogen) atoms. The Bertz CT molecular complexity index is 810. The molecule has 1 N–H and O–H groups in total. The summed E-state index contributed by atoms with van der Waals surface area (Å²) in [6, 6.07) is 11.4. The van der Waals surface area contributed by atoms with Crippen molar-refractivity contribution in [3.8, 4) is 5.75 Å². The number of carboxylic acids is 1. The predicted octanol–water partition coefficient (Wildman–Crippen LogP) is 3.88. The minimum atomic E-state index is -0.931. The van der Waals surface area contributed by atoms with Crippen LogP contribution in [0.4, 0.5) is 0 Å². The molecule has 0 unspecified atom stereocenters. The van der Waals surface area contributed by atoms with Gasteiger partial charge in [-0.05, 0) is 19.1 Å². The molecule has 2 heterocycles. The Balaban J connectivity index is 1.86. The lowest BCUT2D eigenvalue weighted by Crippen LogP contribution is -1.98. The van der Waals surface area contributed by atoms with E-state index in [0.29, 0.717) is 12.4 Å². The summed E-state index contributed by atoms with van der Waals surface area (Å²) < 4.78 is 5.71. The number of thiophene rings is 1. The minimum Gasteiger partial charge on any atom is -0.488 e. The van der Waals surface area contributed by atoms with E-state index in [1.165, 1.54) is 0 Å². The standard InChI is InChI=1S/C16H13NO3S/c1-10-6-11(13-4-2-3-5-14(13)17-10)8-20-12-7-15(16(18)19)21-9-12/h2-7,9H,8H2,1H3,(H,18,19). The van der Waals surface area contributed by atoms with E-state index in [-0.39, 0.29) is 4.88 Å². The van der Waals surface area contributed by atoms with Crippen LogP contribution in [0.3, 0.4) is 0 Å². The van der Waals surface area contributed by atoms with Gasteiger partial charge in [0.25, 0.3) is 0 Å². The van der Waals surface area contributed by atoms with Crippen molar-refractivity contribution in [1.82, 2.24) is 4.98 Å². The van der Waals surface area contributed by atoms with Gasteiger partial charge in [0.2, 0.25) is 0 Å². The Morgan fingerprint density at radius 3 is 2.90 bits per heavy atom. The van der Waals surface area contributed by atoms with Gasteiger partial charge in [-0.25, -0.2) is 4.79 Å². The van der Waals surface area contributed by atoms with Crippen molar-refractivity contribution >= 4 is 28.2 Å². The number of ether oxygens (including phenoxy) is 1. The number of para-hydroxylation sites is 1. The number of nitrogens with zero attached hydrogens (tertiary/aromatic N) is 1. The van der Waals surface area contributed by atoms with Crippen molar-refractivity contribution in [3.05, 3.63) is 57.9 Å². The van der Waals surface area contributed by atoms with Gasteiger partial charge in [-0.3, -0.25) is 4.98 Å². The molecule has 0 aliphatic heterocycles. The fraction of sp³-hybridized carbons (Fsp3) is 0.125. The Kier molecular flexibility index (Phi) is 3.58. The lowest BCUT2D eigenvalue weighted by Gasteiger charge is -2.08. The first-order chi connectivity index (χ1) is 10.1. The zero-order chi connectivity index (χ0) is 14.8. The number of aromatic nitrogens is 1. The number of carboxylic acid groups (broad SMARTS) is 1. The first-order valence-electron chi connectivity index (χ1n) is 6.43. The van der Waals surface area contributed by atoms with Gasteiger partial charge >= 0.3 is 5.97 Å². The molecule has 3 aromatic rings. The van der Waals surface area contributed by atoms with Crippen LogP contribution in [0.5, 0.6) is 5.75 Å². The molecule has 106 valence electrons. The second-order valence-corrected chi connectivity index (χ2v) is 5.59. The lowest BCUT2D eigenvalue weighted by molar-refractivity contribution is 0.0702. The van der Waals surface area contributed by atoms with Crippen molar-refractivity contribution in [1.29, 1.82) is 0 Å². The molecule has 0 fully saturated rings. The van der Waals surface area contributed by atoms with Crippen LogP contribution in [-0.2, 0) is 6.61 Å². The summed E-state index contributed by atoms with van der Waals surface area (Å²) in [5, 5.41) is 11.7. The van der Waals surface area contributed by atoms with Gasteiger partial charge in [0.15, 0.2) is 0 Å². The molecule has 2 aromatic heterocycles. The monoisotopic (exact) mass is 299 g/mol. The van der Waals surface area contributed by atoms with Gasteiger partial charge in [-0.1, -0.05) is 18.2 Å². The summed E-state index contributed by atoms with van der Waals surface area (Å²) in [5.74, 6) is -0.351. The van der Waals surface area contributed by atoms with Crippen LogP contribution in [-0.4, -0.2) is 16.1 Å². The van der Waals surface area contributed by atoms with E-state index < -0.39 is 5.97 Å². The van der Waals surface area contributed by atoms with Crippen molar-refractivity contribution in [2.45, 2.75) is 13.5 Å². The highest BCUT2D eigenvalue weighted by Crippen LogP contribution is 2.24. The molecule has 5 heteroatoms. The highest BCUT2D eigenvalue weighted by Gasteiger charge is 2.09. The summed E-state index contributed by atoms with van der Waals surface area (Å²) in [6.45, 7) is 2.34. The Labute approximate surface area is 125 Å². The fourth-order valence-corrected chi connectivity index (χ4v) is 2.85. The van der Waals surface area contributed by atoms with E-state index in [1.807, 2.05) is 37.3 Å². The molecule has 0 radical (unpaired) electrons. The molecule has 0 atom stereocenters. The number of pyridine rings is 1. The van der Waals surface area contributed by atoms with Crippen molar-refractivity contribution in [2.75, 3.05) is 0 Å². The zero-order valence-corrected chi connectivity index (χ0v) is 12.2. The number of fused-ring (bicyclic) bond motifs is 1. The fourth-order valence-electron chi connectivity index (χ4n) is 2.18. The maximum atomic E-state index is 10.9. The van der Waals surface area contributed by atoms with Crippen LogP contribution in [0.25, 0.3) is 10.9 Å². The molecule has 0 aliphatic carbocycles. The number of rotatable bonds is 4. The number of benzene rings is 1. The van der Waals surface area contributed by atoms with Crippen molar-refractivity contribution in [3.63, 3.8) is 0 Å². The summed E-state index contributed by atoms with van der Waals surface area (Å²) in [6.07, 6.45) is 0. The summed E-state index contributed by atoms with van der Waals surface area (Å²) in [4.78, 5) is 15.6. The molecule has 0 saturated carbocycles. The number of carbonyl (C=O) groups is 1. The quantitative estimate of drug-likeness (QED) is 0.794. The Morgan fingerprint density at radius 1 is 1.33 bits per heavy atom. The van der Waals surface area contributed by atoms with Crippen LogP contribution in [0.1, 0.15) is 20.9 Å². The Hall–Kier alpha value is -2.40. The molecule has 3 rings (SSSR count). The third kappa shape index (κ3) is 2.87. The van der Waals surface area contributed by atoms with Crippen LogP contribution in [0.15, 0.2) is 41.8 Å². The molecule has 0 bridgehead atoms. The van der Waals surface area contributed by atoms with E-state index in [4.69, 9.17) is 9.84 Å². The minimum absolute atomic E-state index is 0.278. The molecule has 1 aromatic carbocycles. The molecular weight excluding hydrogens is 286 g/mol. The summed E-state index contributed by atoms with van der Waals surface area (Å²) in [5.41, 5.74) is 2.91. The van der Waals surface area contributed by atoms with Crippen molar-refractivity contribution in [2.24, 2.45) is 0 Å². The second-order valence-electron chi connectivity index (χ2n) is 4.68. The highest BCUT2D eigenvalue weighted by atomic mass is 32.1. The normalized spacial score (nSPS) is 10.7. The summed E-state index contributed by atoms with van der Waals surface area (Å²) in [7, 11) is 0. The molecule has 0 spiro atoms. The average Bonchev–Trinajstić information content (AvgIpc) is 2.93. The van der Waals surface area contributed by atoms with Crippen LogP contribution in [0.2, 0.25) is 0 Å². The maximum Gasteiger partial charge on any atom is 0.346 e. The highest BCUT2D eigenvalue weighted by molar-refractivity contribution is 7.12. The van der Waals surface area contributed by atoms with E-state index in [0.717, 1.165) is 33.5 Å². The smallest absolute Gasteiger partial charge is 0.346 e. The third-order valence-corrected chi connectivity index (χ3v) is 4.01. The second kappa shape index (κ2) is 5.54. The van der Waals surface area contributed by atoms with Gasteiger partial charge < -0.3 is 9.84 Å². The van der Waals surface area contributed by atoms with Crippen LogP contribution < -0.4 is 4.74 Å². The van der Waals surface area contributed by atoms with Gasteiger partial charge in [-0.2, -0.15) is 0 Å². The molecule has 0 aliphatic rings. The van der Waals surface area contributed by atoms with Crippen LogP contribution >= 0.6 is 11.3 Å². The van der Waals surface area contributed by atoms with Gasteiger partial charge in [-0.15, -0.1) is 11.3 Å². The summed E-state index contributed by atoms with van der Waals surface area (Å²) >= 11 is 1.16. The van der Waals surface area contributed by atoms with E-state index in [9.17, 15) is 4.79 Å². The SMILES string of the molecule is Cc1cc(COc2csc(C(=O)O)c2)c2ccccc2n1. The molecular formula is C16H13NO3S. The van der Waals surface area contributed by atoms with E-state index in [2.05, 4.69) is 4.98 Å². The third-order valence-electron chi connectivity index (χ3n) is 3.11. The number of hydrogen-bond donors (Lipinski definition) is 1.